The summed E-state index contributed by atoms with van der Waals surface area (Å²) in [5.74, 6) is -0.342. The molecule has 4 rings (SSSR count). The number of carbonyl (C=O) groups is 2. The van der Waals surface area contributed by atoms with Crippen LogP contribution in [0.2, 0.25) is 0 Å². The molecule has 0 saturated carbocycles. The number of methoxy groups -OCH3 is 1. The van der Waals surface area contributed by atoms with Crippen molar-refractivity contribution in [2.45, 2.75) is 11.3 Å². The number of aromatic amines is 2. The molecule has 2 heterocycles. The number of benzene rings is 2. The third kappa shape index (κ3) is 4.70. The number of amides is 2. The first-order valence-electron chi connectivity index (χ1n) is 10.2. The monoisotopic (exact) mass is 473 g/mol. The van der Waals surface area contributed by atoms with Gasteiger partial charge < -0.3 is 24.5 Å². The molecule has 1 aromatic heterocycles. The van der Waals surface area contributed by atoms with E-state index in [0.29, 0.717) is 43.6 Å². The summed E-state index contributed by atoms with van der Waals surface area (Å²) in [5, 5.41) is 0. The van der Waals surface area contributed by atoms with Crippen molar-refractivity contribution >= 4 is 38.7 Å². The van der Waals surface area contributed by atoms with Gasteiger partial charge in [-0.1, -0.05) is 12.1 Å². The van der Waals surface area contributed by atoms with Gasteiger partial charge >= 0.3 is 11.8 Å². The van der Waals surface area contributed by atoms with Gasteiger partial charge in [0.25, 0.3) is 15.9 Å². The number of hydrogen-bond donors (Lipinski definition) is 3. The lowest BCUT2D eigenvalue weighted by Gasteiger charge is -2.22. The summed E-state index contributed by atoms with van der Waals surface area (Å²) < 4.78 is 33.3. The first kappa shape index (κ1) is 22.4. The van der Waals surface area contributed by atoms with Crippen molar-refractivity contribution in [3.8, 4) is 0 Å². The number of sulfonamides is 1. The van der Waals surface area contributed by atoms with E-state index in [1.54, 1.807) is 23.1 Å². The summed E-state index contributed by atoms with van der Waals surface area (Å²) in [6.07, 6.45) is 0.127. The molecule has 0 radical (unpaired) electrons. The molecule has 1 fully saturated rings. The molecule has 33 heavy (non-hydrogen) atoms. The second-order valence-electron chi connectivity index (χ2n) is 7.54. The van der Waals surface area contributed by atoms with E-state index in [0.717, 1.165) is 0 Å². The molecule has 11 nitrogen and oxygen atoms in total. The van der Waals surface area contributed by atoms with Crippen LogP contribution in [0.5, 0.6) is 0 Å². The van der Waals surface area contributed by atoms with Crippen molar-refractivity contribution < 1.29 is 22.7 Å². The van der Waals surface area contributed by atoms with Gasteiger partial charge in [0.1, 0.15) is 0 Å². The molecule has 0 unspecified atom stereocenters. The zero-order chi connectivity index (χ0) is 23.6. The molecule has 174 valence electrons. The Labute approximate surface area is 189 Å². The second-order valence-corrected chi connectivity index (χ2v) is 9.22. The van der Waals surface area contributed by atoms with Crippen LogP contribution in [-0.4, -0.2) is 73.5 Å². The van der Waals surface area contributed by atoms with Gasteiger partial charge in [-0.3, -0.25) is 9.52 Å². The largest absolute Gasteiger partial charge is 0.453 e. The van der Waals surface area contributed by atoms with Gasteiger partial charge in [-0.05, 0) is 36.8 Å². The lowest BCUT2D eigenvalue weighted by Crippen LogP contribution is -2.37. The van der Waals surface area contributed by atoms with E-state index in [2.05, 4.69) is 14.7 Å². The van der Waals surface area contributed by atoms with Crippen molar-refractivity contribution in [1.82, 2.24) is 19.8 Å². The van der Waals surface area contributed by atoms with E-state index < -0.39 is 21.8 Å². The molecule has 2 amide bonds. The molecule has 1 aliphatic rings. The zero-order valence-electron chi connectivity index (χ0n) is 17.8. The maximum atomic E-state index is 13.2. The van der Waals surface area contributed by atoms with Gasteiger partial charge in [0.15, 0.2) is 0 Å². The van der Waals surface area contributed by atoms with E-state index in [1.165, 1.54) is 36.3 Å². The summed E-state index contributed by atoms with van der Waals surface area (Å²) in [6.45, 7) is 1.51. The summed E-state index contributed by atoms with van der Waals surface area (Å²) in [5.41, 5.74) is 0.735. The van der Waals surface area contributed by atoms with Crippen LogP contribution in [0, 0.1) is 0 Å². The number of aromatic nitrogens is 2. The highest BCUT2D eigenvalue weighted by Crippen LogP contribution is 2.23. The van der Waals surface area contributed by atoms with Crippen molar-refractivity contribution in [1.29, 1.82) is 0 Å². The number of nitrogens with one attached hydrogen (secondary N) is 3. The summed E-state index contributed by atoms with van der Waals surface area (Å²) in [4.78, 5) is 44.6. The number of H-pyrrole nitrogens is 2. The number of fused-ring (bicyclic) bond motifs is 1. The SMILES string of the molecule is COC(=O)N1CCCN(C(=O)c2ccccc2NS(=O)(=O)c2ccc3[nH]c(=O)[nH]c3c2)CC1. The van der Waals surface area contributed by atoms with Crippen LogP contribution in [0.25, 0.3) is 11.0 Å². The molecule has 0 aliphatic carbocycles. The average Bonchev–Trinajstić information content (AvgIpc) is 3.00. The molecule has 1 saturated heterocycles. The van der Waals surface area contributed by atoms with Crippen molar-refractivity contribution in [3.63, 3.8) is 0 Å². The van der Waals surface area contributed by atoms with E-state index in [-0.39, 0.29) is 22.1 Å². The molecule has 3 aromatic rings. The summed E-state index contributed by atoms with van der Waals surface area (Å²) in [6, 6.07) is 10.5. The van der Waals surface area contributed by atoms with Gasteiger partial charge in [-0.25, -0.2) is 18.0 Å². The summed E-state index contributed by atoms with van der Waals surface area (Å²) >= 11 is 0. The Bertz CT molecular complexity index is 1360. The lowest BCUT2D eigenvalue weighted by molar-refractivity contribution is 0.0758. The zero-order valence-corrected chi connectivity index (χ0v) is 18.6. The number of para-hydroxylation sites is 1. The van der Waals surface area contributed by atoms with E-state index >= 15 is 0 Å². The fourth-order valence-electron chi connectivity index (χ4n) is 3.74. The summed E-state index contributed by atoms with van der Waals surface area (Å²) in [7, 11) is -2.73. The standard InChI is InChI=1S/C21H23N5O6S/c1-32-21(29)26-10-4-9-25(11-12-26)19(27)15-5-2-3-6-16(15)24-33(30,31)14-7-8-17-18(13-14)23-20(28)22-17/h2-3,5-8,13,24H,4,9-12H2,1H3,(H2,22,23,28). The molecule has 0 atom stereocenters. The lowest BCUT2D eigenvalue weighted by atomic mass is 10.1. The van der Waals surface area contributed by atoms with Crippen LogP contribution in [-0.2, 0) is 14.8 Å². The van der Waals surface area contributed by atoms with Crippen LogP contribution >= 0.6 is 0 Å². The number of nitrogens with zero attached hydrogens (tertiary/aromatic N) is 2. The molecular weight excluding hydrogens is 450 g/mol. The van der Waals surface area contributed by atoms with Crippen molar-refractivity contribution in [2.75, 3.05) is 38.0 Å². The Morgan fingerprint density at radius 1 is 0.970 bits per heavy atom. The molecule has 0 spiro atoms. The van der Waals surface area contributed by atoms with Crippen molar-refractivity contribution in [2.24, 2.45) is 0 Å². The van der Waals surface area contributed by atoms with Gasteiger partial charge in [0, 0.05) is 26.2 Å². The third-order valence-corrected chi connectivity index (χ3v) is 6.78. The molecule has 3 N–H and O–H groups in total. The number of ether oxygens (including phenoxy) is 1. The first-order valence-corrected chi connectivity index (χ1v) is 11.7. The Kier molecular flexibility index (Phi) is 6.09. The number of imidazole rings is 1. The van der Waals surface area contributed by atoms with E-state index in [1.807, 2.05) is 0 Å². The van der Waals surface area contributed by atoms with Crippen LogP contribution in [0.1, 0.15) is 16.8 Å². The minimum Gasteiger partial charge on any atom is -0.453 e. The highest BCUT2D eigenvalue weighted by atomic mass is 32.2. The Hall–Kier alpha value is -3.80. The van der Waals surface area contributed by atoms with E-state index in [4.69, 9.17) is 4.74 Å². The fourth-order valence-corrected chi connectivity index (χ4v) is 4.85. The number of carbonyl (C=O) groups excluding carboxylic acids is 2. The van der Waals surface area contributed by atoms with Gasteiger partial charge in [0.05, 0.1) is 34.3 Å². The molecular formula is C21H23N5O6S. The Morgan fingerprint density at radius 3 is 2.45 bits per heavy atom. The highest BCUT2D eigenvalue weighted by molar-refractivity contribution is 7.92. The highest BCUT2D eigenvalue weighted by Gasteiger charge is 2.26. The van der Waals surface area contributed by atoms with Gasteiger partial charge in [0.2, 0.25) is 0 Å². The normalized spacial score (nSPS) is 14.7. The second kappa shape index (κ2) is 8.98. The third-order valence-electron chi connectivity index (χ3n) is 5.42. The minimum atomic E-state index is -4.04. The number of rotatable bonds is 4. The van der Waals surface area contributed by atoms with Crippen LogP contribution in [0.4, 0.5) is 10.5 Å². The number of hydrogen-bond acceptors (Lipinski definition) is 6. The topological polar surface area (TPSA) is 145 Å². The van der Waals surface area contributed by atoms with Crippen LogP contribution in [0.3, 0.4) is 0 Å². The Morgan fingerprint density at radius 2 is 1.67 bits per heavy atom. The maximum absolute atomic E-state index is 13.2. The molecule has 2 aromatic carbocycles. The van der Waals surface area contributed by atoms with Crippen LogP contribution in [0.15, 0.2) is 52.2 Å². The fraction of sp³-hybridized carbons (Fsp3) is 0.286. The van der Waals surface area contributed by atoms with E-state index in [9.17, 15) is 22.8 Å². The predicted octanol–water partition coefficient (Wildman–Crippen LogP) is 1.57. The minimum absolute atomic E-state index is 0.0593. The molecule has 12 heteroatoms. The Balaban J connectivity index is 1.57. The molecule has 1 aliphatic heterocycles. The average molecular weight is 474 g/mol. The molecule has 0 bridgehead atoms. The van der Waals surface area contributed by atoms with Gasteiger partial charge in [-0.2, -0.15) is 0 Å². The van der Waals surface area contributed by atoms with Crippen LogP contribution < -0.4 is 10.4 Å². The maximum Gasteiger partial charge on any atom is 0.409 e. The quantitative estimate of drug-likeness (QED) is 0.525. The van der Waals surface area contributed by atoms with Gasteiger partial charge in [-0.15, -0.1) is 0 Å². The predicted molar refractivity (Wildman–Crippen MR) is 121 cm³/mol. The smallest absolute Gasteiger partial charge is 0.409 e. The van der Waals surface area contributed by atoms with Crippen molar-refractivity contribution in [3.05, 3.63) is 58.5 Å². The number of anilines is 1. The first-order chi connectivity index (χ1) is 15.8.